The molecule has 0 radical (unpaired) electrons. The van der Waals surface area contributed by atoms with E-state index < -0.39 is 5.97 Å². The average molecular weight is 381 g/mol. The maximum atomic E-state index is 11.5. The van der Waals surface area contributed by atoms with Crippen molar-refractivity contribution >= 4 is 23.8 Å². The van der Waals surface area contributed by atoms with E-state index in [1.807, 2.05) is 61.5 Å². The Morgan fingerprint density at radius 3 is 2.56 bits per heavy atom. The fourth-order valence-corrected chi connectivity index (χ4v) is 2.99. The fourth-order valence-electron chi connectivity index (χ4n) is 2.27. The van der Waals surface area contributed by atoms with E-state index in [0.29, 0.717) is 18.2 Å². The molecule has 6 nitrogen and oxygen atoms in total. The number of aromatic amines is 1. The Hall–Kier alpha value is -3.06. The third-order valence-corrected chi connectivity index (χ3v) is 4.56. The van der Waals surface area contributed by atoms with Crippen molar-refractivity contribution in [3.63, 3.8) is 0 Å². The Bertz CT molecular complexity index is 921. The third-order valence-electron chi connectivity index (χ3n) is 3.68. The second-order valence-corrected chi connectivity index (χ2v) is 6.69. The van der Waals surface area contributed by atoms with Crippen LogP contribution in [0.15, 0.2) is 64.7 Å². The van der Waals surface area contributed by atoms with Crippen molar-refractivity contribution in [3.05, 3.63) is 76.5 Å². The number of aryl methyl sites for hydroxylation is 1. The summed E-state index contributed by atoms with van der Waals surface area (Å²) in [4.78, 5) is 15.9. The maximum absolute atomic E-state index is 11.5. The van der Waals surface area contributed by atoms with Crippen molar-refractivity contribution < 1.29 is 14.6 Å². The lowest BCUT2D eigenvalue weighted by atomic mass is 10.2. The number of carbonyl (C=O) groups is 1. The first kappa shape index (κ1) is 18.7. The molecule has 0 bridgehead atoms. The zero-order valence-electron chi connectivity index (χ0n) is 14.8. The molecular weight excluding hydrogens is 362 g/mol. The third kappa shape index (κ3) is 5.46. The summed E-state index contributed by atoms with van der Waals surface area (Å²) in [5.74, 6) is 0.427. The Morgan fingerprint density at radius 1 is 1.19 bits per heavy atom. The standard InChI is InChI=1S/C20H19N3O3S/c1-2-18-21-20(23-22-18)27-17(19(24)25)12-14-8-10-16(11-9-14)26-13-15-6-4-3-5-7-15/h3-12H,2,13H2,1H3,(H,24,25)(H,21,22,23)/b17-12-. The lowest BCUT2D eigenvalue weighted by Gasteiger charge is -2.06. The number of hydrogen-bond acceptors (Lipinski definition) is 5. The molecule has 0 fully saturated rings. The summed E-state index contributed by atoms with van der Waals surface area (Å²) in [5.41, 5.74) is 1.85. The summed E-state index contributed by atoms with van der Waals surface area (Å²) in [6.45, 7) is 2.43. The van der Waals surface area contributed by atoms with Gasteiger partial charge in [0.15, 0.2) is 0 Å². The van der Waals surface area contributed by atoms with E-state index in [1.54, 1.807) is 6.08 Å². The quantitative estimate of drug-likeness (QED) is 0.450. The van der Waals surface area contributed by atoms with E-state index in [9.17, 15) is 9.90 Å². The summed E-state index contributed by atoms with van der Waals surface area (Å²) in [6.07, 6.45) is 2.31. The number of nitrogens with one attached hydrogen (secondary N) is 1. The number of benzene rings is 2. The second kappa shape index (κ2) is 9.05. The highest BCUT2D eigenvalue weighted by Gasteiger charge is 2.13. The summed E-state index contributed by atoms with van der Waals surface area (Å²) >= 11 is 1.02. The first-order chi connectivity index (χ1) is 13.1. The molecule has 0 aliphatic carbocycles. The lowest BCUT2D eigenvalue weighted by molar-refractivity contribution is -0.131. The van der Waals surface area contributed by atoms with Crippen LogP contribution in [0.25, 0.3) is 6.08 Å². The first-order valence-electron chi connectivity index (χ1n) is 8.45. The van der Waals surface area contributed by atoms with Crippen LogP contribution in [0.5, 0.6) is 5.75 Å². The number of ether oxygens (including phenoxy) is 1. The van der Waals surface area contributed by atoms with Crippen LogP contribution in [0.4, 0.5) is 0 Å². The summed E-state index contributed by atoms with van der Waals surface area (Å²) in [7, 11) is 0. The van der Waals surface area contributed by atoms with Crippen molar-refractivity contribution in [2.24, 2.45) is 0 Å². The molecular formula is C20H19N3O3S. The number of carboxylic acids is 1. The van der Waals surface area contributed by atoms with Crippen molar-refractivity contribution in [3.8, 4) is 5.75 Å². The molecule has 2 aromatic carbocycles. The molecule has 27 heavy (non-hydrogen) atoms. The lowest BCUT2D eigenvalue weighted by Crippen LogP contribution is -1.97. The molecule has 1 heterocycles. The average Bonchev–Trinajstić information content (AvgIpc) is 3.15. The van der Waals surface area contributed by atoms with Gasteiger partial charge < -0.3 is 9.84 Å². The zero-order valence-corrected chi connectivity index (χ0v) is 15.6. The molecule has 0 aliphatic rings. The van der Waals surface area contributed by atoms with Gasteiger partial charge in [-0.1, -0.05) is 49.4 Å². The Labute approximate surface area is 161 Å². The van der Waals surface area contributed by atoms with Gasteiger partial charge in [0.1, 0.15) is 23.1 Å². The van der Waals surface area contributed by atoms with Gasteiger partial charge in [-0.25, -0.2) is 9.78 Å². The highest BCUT2D eigenvalue weighted by atomic mass is 32.2. The van der Waals surface area contributed by atoms with Crippen molar-refractivity contribution in [2.45, 2.75) is 25.1 Å². The fraction of sp³-hybridized carbons (Fsp3) is 0.150. The number of carboxylic acid groups (broad SMARTS) is 1. The number of H-pyrrole nitrogens is 1. The molecule has 0 unspecified atom stereocenters. The van der Waals surface area contributed by atoms with E-state index in [-0.39, 0.29) is 4.91 Å². The molecule has 0 aliphatic heterocycles. The monoisotopic (exact) mass is 381 g/mol. The van der Waals surface area contributed by atoms with Gasteiger partial charge in [-0.05, 0) is 41.1 Å². The van der Waals surface area contributed by atoms with Gasteiger partial charge in [-0.15, -0.1) is 5.10 Å². The van der Waals surface area contributed by atoms with Crippen molar-refractivity contribution in [2.75, 3.05) is 0 Å². The Morgan fingerprint density at radius 2 is 1.93 bits per heavy atom. The summed E-state index contributed by atoms with van der Waals surface area (Å²) < 4.78 is 5.74. The van der Waals surface area contributed by atoms with Crippen LogP contribution in [-0.4, -0.2) is 26.3 Å². The van der Waals surface area contributed by atoms with E-state index in [2.05, 4.69) is 15.2 Å². The highest BCUT2D eigenvalue weighted by molar-refractivity contribution is 8.04. The van der Waals surface area contributed by atoms with Crippen LogP contribution < -0.4 is 4.74 Å². The molecule has 2 N–H and O–H groups in total. The van der Waals surface area contributed by atoms with E-state index in [1.165, 1.54) is 0 Å². The number of aliphatic carboxylic acids is 1. The van der Waals surface area contributed by atoms with Crippen LogP contribution in [0.1, 0.15) is 23.9 Å². The van der Waals surface area contributed by atoms with Crippen molar-refractivity contribution in [1.82, 2.24) is 15.2 Å². The summed E-state index contributed by atoms with van der Waals surface area (Å²) in [5, 5.41) is 16.6. The van der Waals surface area contributed by atoms with Crippen LogP contribution in [0, 0.1) is 0 Å². The molecule has 7 heteroatoms. The van der Waals surface area contributed by atoms with E-state index in [0.717, 1.165) is 34.5 Å². The van der Waals surface area contributed by atoms with Crippen LogP contribution in [-0.2, 0) is 17.8 Å². The van der Waals surface area contributed by atoms with Gasteiger partial charge in [0, 0.05) is 6.42 Å². The van der Waals surface area contributed by atoms with E-state index in [4.69, 9.17) is 4.74 Å². The predicted molar refractivity (Wildman–Crippen MR) is 104 cm³/mol. The van der Waals surface area contributed by atoms with Crippen LogP contribution >= 0.6 is 11.8 Å². The minimum atomic E-state index is -1.02. The summed E-state index contributed by atoms with van der Waals surface area (Å²) in [6, 6.07) is 17.2. The Balaban J connectivity index is 1.67. The van der Waals surface area contributed by atoms with Gasteiger partial charge in [0.2, 0.25) is 5.16 Å². The number of thioether (sulfide) groups is 1. The van der Waals surface area contributed by atoms with Gasteiger partial charge in [0.25, 0.3) is 0 Å². The first-order valence-corrected chi connectivity index (χ1v) is 9.26. The van der Waals surface area contributed by atoms with Gasteiger partial charge in [-0.2, -0.15) is 0 Å². The molecule has 3 rings (SSSR count). The molecule has 1 aromatic heterocycles. The molecule has 0 atom stereocenters. The highest BCUT2D eigenvalue weighted by Crippen LogP contribution is 2.26. The van der Waals surface area contributed by atoms with Crippen LogP contribution in [0.2, 0.25) is 0 Å². The maximum Gasteiger partial charge on any atom is 0.342 e. The molecule has 0 amide bonds. The molecule has 0 saturated carbocycles. The molecule has 138 valence electrons. The second-order valence-electron chi connectivity index (χ2n) is 5.68. The topological polar surface area (TPSA) is 88.1 Å². The largest absolute Gasteiger partial charge is 0.489 e. The molecule has 3 aromatic rings. The Kier molecular flexibility index (Phi) is 6.27. The minimum absolute atomic E-state index is 0.148. The smallest absolute Gasteiger partial charge is 0.342 e. The minimum Gasteiger partial charge on any atom is -0.489 e. The van der Waals surface area contributed by atoms with Crippen molar-refractivity contribution in [1.29, 1.82) is 0 Å². The number of nitrogens with zero attached hydrogens (tertiary/aromatic N) is 2. The SMILES string of the molecule is CCc1nc(S/C(=C\c2ccc(OCc3ccccc3)cc2)C(=O)O)n[nH]1. The number of aromatic nitrogens is 3. The van der Waals surface area contributed by atoms with E-state index >= 15 is 0 Å². The number of rotatable bonds is 8. The van der Waals surface area contributed by atoms with Gasteiger partial charge in [-0.3, -0.25) is 5.10 Å². The number of hydrogen-bond donors (Lipinski definition) is 2. The zero-order chi connectivity index (χ0) is 19.1. The van der Waals surface area contributed by atoms with Gasteiger partial charge >= 0.3 is 5.97 Å². The predicted octanol–water partition coefficient (Wildman–Crippen LogP) is 4.16. The van der Waals surface area contributed by atoms with Crippen LogP contribution in [0.3, 0.4) is 0 Å². The molecule has 0 spiro atoms. The van der Waals surface area contributed by atoms with Gasteiger partial charge in [0.05, 0.1) is 0 Å². The normalized spacial score (nSPS) is 11.4. The molecule has 0 saturated heterocycles.